The van der Waals surface area contributed by atoms with Crippen molar-refractivity contribution in [2.45, 2.75) is 25.5 Å². The van der Waals surface area contributed by atoms with Gasteiger partial charge in [-0.1, -0.05) is 0 Å². The molecule has 6 heteroatoms. The summed E-state index contributed by atoms with van der Waals surface area (Å²) < 4.78 is 0. The summed E-state index contributed by atoms with van der Waals surface area (Å²) in [6.45, 7) is 0.658. The molecule has 1 aliphatic rings. The van der Waals surface area contributed by atoms with Gasteiger partial charge < -0.3 is 15.7 Å². The predicted molar refractivity (Wildman–Crippen MR) is 57.5 cm³/mol. The lowest BCUT2D eigenvalue weighted by atomic mass is 10.2. The van der Waals surface area contributed by atoms with Crippen LogP contribution in [0.3, 0.4) is 0 Å². The Balaban J connectivity index is 2.19. The minimum atomic E-state index is -0.340. The highest BCUT2D eigenvalue weighted by atomic mass is 16.3. The van der Waals surface area contributed by atoms with Crippen molar-refractivity contribution in [1.29, 1.82) is 0 Å². The summed E-state index contributed by atoms with van der Waals surface area (Å²) in [5, 5.41) is 8.87. The van der Waals surface area contributed by atoms with Crippen LogP contribution in [-0.4, -0.2) is 33.6 Å². The Bertz CT molecular complexity index is 379. The van der Waals surface area contributed by atoms with Crippen LogP contribution in [0.2, 0.25) is 0 Å². The van der Waals surface area contributed by atoms with E-state index in [1.54, 1.807) is 12.4 Å². The van der Waals surface area contributed by atoms with E-state index in [0.717, 1.165) is 19.4 Å². The maximum Gasteiger partial charge on any atom is 0.240 e. The molecule has 1 aliphatic heterocycles. The molecule has 0 saturated carbocycles. The number of aliphatic hydroxyl groups excluding tert-OH is 1. The van der Waals surface area contributed by atoms with Crippen molar-refractivity contribution >= 4 is 11.9 Å². The summed E-state index contributed by atoms with van der Waals surface area (Å²) in [6, 6.07) is -0.306. The van der Waals surface area contributed by atoms with Crippen LogP contribution in [0.4, 0.5) is 5.95 Å². The topological polar surface area (TPSA) is 92.3 Å². The normalized spacial score (nSPS) is 20.1. The Morgan fingerprint density at radius 3 is 2.81 bits per heavy atom. The van der Waals surface area contributed by atoms with E-state index in [4.69, 9.17) is 10.8 Å². The van der Waals surface area contributed by atoms with Gasteiger partial charge in [0.25, 0.3) is 0 Å². The minimum absolute atomic E-state index is 0.0838. The molecular weight excluding hydrogens is 208 g/mol. The number of hydrogen-bond acceptors (Lipinski definition) is 5. The van der Waals surface area contributed by atoms with E-state index in [-0.39, 0.29) is 18.6 Å². The smallest absolute Gasteiger partial charge is 0.240 e. The molecule has 2 rings (SSSR count). The van der Waals surface area contributed by atoms with Gasteiger partial charge >= 0.3 is 0 Å². The number of carbonyl (C=O) groups is 1. The van der Waals surface area contributed by atoms with Crippen molar-refractivity contribution in [3.8, 4) is 0 Å². The van der Waals surface area contributed by atoms with Gasteiger partial charge in [-0.2, -0.15) is 0 Å². The largest absolute Gasteiger partial charge is 0.392 e. The standard InChI is InChI=1S/C10H14N4O2/c11-9(16)8-2-1-3-14(8)10-12-4-7(6-15)5-13-10/h4-5,8,15H,1-3,6H2,(H2,11,16). The second-order valence-electron chi connectivity index (χ2n) is 3.80. The van der Waals surface area contributed by atoms with Gasteiger partial charge in [0.2, 0.25) is 11.9 Å². The molecule has 2 heterocycles. The average Bonchev–Trinajstić information content (AvgIpc) is 2.78. The Labute approximate surface area is 93.1 Å². The fourth-order valence-electron chi connectivity index (χ4n) is 1.88. The Morgan fingerprint density at radius 2 is 2.25 bits per heavy atom. The summed E-state index contributed by atoms with van der Waals surface area (Å²) in [7, 11) is 0. The molecule has 1 amide bonds. The third kappa shape index (κ3) is 1.96. The molecule has 3 N–H and O–H groups in total. The van der Waals surface area contributed by atoms with Crippen molar-refractivity contribution < 1.29 is 9.90 Å². The first-order valence-corrected chi connectivity index (χ1v) is 5.20. The van der Waals surface area contributed by atoms with Crippen LogP contribution in [0.25, 0.3) is 0 Å². The van der Waals surface area contributed by atoms with E-state index >= 15 is 0 Å². The first kappa shape index (κ1) is 10.8. The highest BCUT2D eigenvalue weighted by Crippen LogP contribution is 2.21. The molecule has 1 atom stereocenters. The zero-order valence-corrected chi connectivity index (χ0v) is 8.83. The molecule has 1 fully saturated rings. The van der Waals surface area contributed by atoms with Gasteiger partial charge in [-0.05, 0) is 12.8 Å². The lowest BCUT2D eigenvalue weighted by Crippen LogP contribution is -2.41. The first-order chi connectivity index (χ1) is 7.72. The number of aromatic nitrogens is 2. The van der Waals surface area contributed by atoms with Crippen molar-refractivity contribution in [2.24, 2.45) is 5.73 Å². The van der Waals surface area contributed by atoms with Gasteiger partial charge in [-0.25, -0.2) is 9.97 Å². The maximum atomic E-state index is 11.2. The van der Waals surface area contributed by atoms with E-state index in [1.165, 1.54) is 0 Å². The first-order valence-electron chi connectivity index (χ1n) is 5.20. The van der Waals surface area contributed by atoms with E-state index in [9.17, 15) is 4.79 Å². The molecule has 86 valence electrons. The number of anilines is 1. The number of nitrogens with two attached hydrogens (primary N) is 1. The van der Waals surface area contributed by atoms with E-state index in [1.807, 2.05) is 4.90 Å². The van der Waals surface area contributed by atoms with Crippen LogP contribution in [0.5, 0.6) is 0 Å². The van der Waals surface area contributed by atoms with E-state index in [0.29, 0.717) is 11.5 Å². The molecule has 16 heavy (non-hydrogen) atoms. The molecule has 0 spiro atoms. The molecule has 1 unspecified atom stereocenters. The monoisotopic (exact) mass is 222 g/mol. The SMILES string of the molecule is NC(=O)C1CCCN1c1ncc(CO)cn1. The summed E-state index contributed by atoms with van der Waals surface area (Å²) in [6.07, 6.45) is 4.77. The second-order valence-corrected chi connectivity index (χ2v) is 3.80. The lowest BCUT2D eigenvalue weighted by molar-refractivity contribution is -0.119. The Morgan fingerprint density at radius 1 is 1.56 bits per heavy atom. The fraction of sp³-hybridized carbons (Fsp3) is 0.500. The molecule has 0 bridgehead atoms. The van der Waals surface area contributed by atoms with Crippen molar-refractivity contribution in [2.75, 3.05) is 11.4 Å². The zero-order valence-electron chi connectivity index (χ0n) is 8.83. The molecule has 1 aromatic heterocycles. The number of primary amides is 1. The van der Waals surface area contributed by atoms with Crippen molar-refractivity contribution in [1.82, 2.24) is 9.97 Å². The maximum absolute atomic E-state index is 11.2. The number of rotatable bonds is 3. The van der Waals surface area contributed by atoms with Crippen LogP contribution in [0.15, 0.2) is 12.4 Å². The molecule has 6 nitrogen and oxygen atoms in total. The third-order valence-corrected chi connectivity index (χ3v) is 2.71. The van der Waals surface area contributed by atoms with Gasteiger partial charge in [0.1, 0.15) is 6.04 Å². The minimum Gasteiger partial charge on any atom is -0.392 e. The number of carbonyl (C=O) groups excluding carboxylic acids is 1. The average molecular weight is 222 g/mol. The molecule has 0 radical (unpaired) electrons. The van der Waals surface area contributed by atoms with Crippen LogP contribution >= 0.6 is 0 Å². The van der Waals surface area contributed by atoms with Gasteiger partial charge in [-0.3, -0.25) is 4.79 Å². The van der Waals surface area contributed by atoms with Gasteiger partial charge in [0, 0.05) is 24.5 Å². The Hall–Kier alpha value is -1.69. The highest BCUT2D eigenvalue weighted by molar-refractivity contribution is 5.83. The summed E-state index contributed by atoms with van der Waals surface area (Å²) >= 11 is 0. The highest BCUT2D eigenvalue weighted by Gasteiger charge is 2.30. The van der Waals surface area contributed by atoms with E-state index in [2.05, 4.69) is 9.97 Å². The molecule has 1 saturated heterocycles. The number of hydrogen-bond donors (Lipinski definition) is 2. The third-order valence-electron chi connectivity index (χ3n) is 2.71. The summed E-state index contributed by atoms with van der Waals surface area (Å²) in [4.78, 5) is 21.2. The fourth-order valence-corrected chi connectivity index (χ4v) is 1.88. The molecule has 1 aromatic rings. The van der Waals surface area contributed by atoms with Gasteiger partial charge in [-0.15, -0.1) is 0 Å². The van der Waals surface area contributed by atoms with Crippen molar-refractivity contribution in [3.63, 3.8) is 0 Å². The second kappa shape index (κ2) is 4.44. The van der Waals surface area contributed by atoms with Crippen LogP contribution in [0, 0.1) is 0 Å². The van der Waals surface area contributed by atoms with Crippen LogP contribution in [0.1, 0.15) is 18.4 Å². The van der Waals surface area contributed by atoms with Gasteiger partial charge in [0.05, 0.1) is 6.61 Å². The number of amides is 1. The summed E-state index contributed by atoms with van der Waals surface area (Å²) in [5.74, 6) is 0.158. The zero-order chi connectivity index (χ0) is 11.5. The molecular formula is C10H14N4O2. The van der Waals surface area contributed by atoms with Crippen molar-refractivity contribution in [3.05, 3.63) is 18.0 Å². The molecule has 0 aliphatic carbocycles. The van der Waals surface area contributed by atoms with Crippen LogP contribution < -0.4 is 10.6 Å². The number of nitrogens with zero attached hydrogens (tertiary/aromatic N) is 3. The van der Waals surface area contributed by atoms with Gasteiger partial charge in [0.15, 0.2) is 0 Å². The Kier molecular flexibility index (Phi) is 3.00. The number of aliphatic hydroxyl groups is 1. The summed E-state index contributed by atoms with van der Waals surface area (Å²) in [5.41, 5.74) is 5.96. The van der Waals surface area contributed by atoms with E-state index < -0.39 is 0 Å². The quantitative estimate of drug-likeness (QED) is 0.714. The predicted octanol–water partition coefficient (Wildman–Crippen LogP) is -0.577. The lowest BCUT2D eigenvalue weighted by Gasteiger charge is -2.21. The molecule has 0 aromatic carbocycles. The van der Waals surface area contributed by atoms with Crippen LogP contribution in [-0.2, 0) is 11.4 Å².